The summed E-state index contributed by atoms with van der Waals surface area (Å²) >= 11 is 0. The van der Waals surface area contributed by atoms with Crippen molar-refractivity contribution in [3.63, 3.8) is 0 Å². The van der Waals surface area contributed by atoms with Crippen molar-refractivity contribution in [2.75, 3.05) is 0 Å². The first-order chi connectivity index (χ1) is 10.4. The number of benzene rings is 1. The number of hydrogen-bond donors (Lipinski definition) is 1. The lowest BCUT2D eigenvalue weighted by molar-refractivity contribution is -0.137. The molecule has 3 nitrogen and oxygen atoms in total. The van der Waals surface area contributed by atoms with Gasteiger partial charge in [0, 0.05) is 17.7 Å². The quantitative estimate of drug-likeness (QED) is 0.920. The van der Waals surface area contributed by atoms with Crippen LogP contribution in [0, 0.1) is 0 Å². The Hall–Kier alpha value is -2.50. The second-order valence-electron chi connectivity index (χ2n) is 5.12. The van der Waals surface area contributed by atoms with Gasteiger partial charge in [-0.1, -0.05) is 12.1 Å². The number of Topliss-reactive ketones (excluding diaryl/α,β-unsaturated/α-hetero) is 1. The predicted octanol–water partition coefficient (Wildman–Crippen LogP) is 3.72. The molecule has 6 heteroatoms. The predicted molar refractivity (Wildman–Crippen MR) is 73.6 cm³/mol. The van der Waals surface area contributed by atoms with Gasteiger partial charge < -0.3 is 10.2 Å². The third kappa shape index (κ3) is 2.41. The van der Waals surface area contributed by atoms with E-state index >= 15 is 0 Å². The van der Waals surface area contributed by atoms with E-state index in [1.54, 1.807) is 12.1 Å². The van der Waals surface area contributed by atoms with Crippen LogP contribution in [-0.4, -0.2) is 5.78 Å². The van der Waals surface area contributed by atoms with E-state index < -0.39 is 17.7 Å². The second-order valence-corrected chi connectivity index (χ2v) is 5.12. The molecule has 0 radical (unpaired) electrons. The van der Waals surface area contributed by atoms with Gasteiger partial charge in [-0.25, -0.2) is 0 Å². The van der Waals surface area contributed by atoms with Crippen LogP contribution in [0.2, 0.25) is 0 Å². The highest BCUT2D eigenvalue weighted by molar-refractivity contribution is 6.26. The van der Waals surface area contributed by atoms with E-state index in [1.165, 1.54) is 18.4 Å². The summed E-state index contributed by atoms with van der Waals surface area (Å²) in [6.07, 6.45) is -2.77. The molecule has 1 atom stereocenters. The molecule has 0 amide bonds. The van der Waals surface area contributed by atoms with E-state index in [2.05, 4.69) is 0 Å². The lowest BCUT2D eigenvalue weighted by Crippen LogP contribution is -2.09. The Balaban J connectivity index is 1.98. The average molecular weight is 307 g/mol. The fourth-order valence-electron chi connectivity index (χ4n) is 2.65. The van der Waals surface area contributed by atoms with Crippen molar-refractivity contribution >= 4 is 11.4 Å². The van der Waals surface area contributed by atoms with Gasteiger partial charge in [-0.3, -0.25) is 4.79 Å². The molecule has 1 unspecified atom stereocenters. The molecule has 0 saturated heterocycles. The molecule has 0 spiro atoms. The van der Waals surface area contributed by atoms with Gasteiger partial charge in [0.05, 0.1) is 17.7 Å². The molecule has 22 heavy (non-hydrogen) atoms. The third-order valence-corrected chi connectivity index (χ3v) is 3.67. The number of hydrogen-bond acceptors (Lipinski definition) is 3. The smallest absolute Gasteiger partial charge is 0.416 e. The molecule has 0 aliphatic heterocycles. The Kier molecular flexibility index (Phi) is 3.31. The third-order valence-electron chi connectivity index (χ3n) is 3.67. The summed E-state index contributed by atoms with van der Waals surface area (Å²) < 4.78 is 43.6. The lowest BCUT2D eigenvalue weighted by Gasteiger charge is -2.10. The van der Waals surface area contributed by atoms with Crippen LogP contribution in [0.25, 0.3) is 5.57 Å². The van der Waals surface area contributed by atoms with E-state index in [0.29, 0.717) is 5.76 Å². The van der Waals surface area contributed by atoms with Crippen LogP contribution in [0.3, 0.4) is 0 Å². The van der Waals surface area contributed by atoms with Crippen molar-refractivity contribution < 1.29 is 22.4 Å². The Bertz CT molecular complexity index is 745. The number of halogens is 3. The molecule has 1 heterocycles. The molecule has 114 valence electrons. The maximum atomic E-state index is 12.8. The van der Waals surface area contributed by atoms with Crippen molar-refractivity contribution in [1.29, 1.82) is 0 Å². The topological polar surface area (TPSA) is 56.2 Å². The van der Waals surface area contributed by atoms with Gasteiger partial charge in [0.1, 0.15) is 5.76 Å². The van der Waals surface area contributed by atoms with Crippen LogP contribution in [-0.2, 0) is 11.0 Å². The standard InChI is InChI=1S/C16H12F3NO2/c17-16(18,19)10-4-1-3-9(7-10)14-12(20)8-11(15(14)21)13-5-2-6-22-13/h1-7,11H,8,20H2. The molecular weight excluding hydrogens is 295 g/mol. The molecule has 2 N–H and O–H groups in total. The first kappa shape index (κ1) is 14.4. The number of nitrogens with two attached hydrogens (primary N) is 1. The van der Waals surface area contributed by atoms with E-state index in [-0.39, 0.29) is 29.0 Å². The molecule has 0 fully saturated rings. The minimum atomic E-state index is -4.46. The van der Waals surface area contributed by atoms with Gasteiger partial charge in [-0.15, -0.1) is 0 Å². The summed E-state index contributed by atoms with van der Waals surface area (Å²) in [6, 6.07) is 7.95. The van der Waals surface area contributed by atoms with Crippen LogP contribution in [0.5, 0.6) is 0 Å². The Morgan fingerprint density at radius 1 is 1.18 bits per heavy atom. The maximum absolute atomic E-state index is 12.8. The van der Waals surface area contributed by atoms with Gasteiger partial charge in [-0.05, 0) is 29.8 Å². The summed E-state index contributed by atoms with van der Waals surface area (Å²) in [6.45, 7) is 0. The van der Waals surface area contributed by atoms with Gasteiger partial charge in [-0.2, -0.15) is 13.2 Å². The molecule has 2 aromatic rings. The van der Waals surface area contributed by atoms with E-state index in [4.69, 9.17) is 10.2 Å². The normalized spacial score (nSPS) is 19.0. The zero-order valence-electron chi connectivity index (χ0n) is 11.4. The van der Waals surface area contributed by atoms with Crippen molar-refractivity contribution in [3.8, 4) is 0 Å². The number of furan rings is 1. The Morgan fingerprint density at radius 2 is 1.95 bits per heavy atom. The maximum Gasteiger partial charge on any atom is 0.416 e. The average Bonchev–Trinajstić information content (AvgIpc) is 3.06. The fraction of sp³-hybridized carbons (Fsp3) is 0.188. The number of carbonyl (C=O) groups is 1. The highest BCUT2D eigenvalue weighted by atomic mass is 19.4. The summed E-state index contributed by atoms with van der Waals surface area (Å²) in [5.74, 6) is -0.416. The second kappa shape index (κ2) is 5.05. The minimum Gasteiger partial charge on any atom is -0.469 e. The van der Waals surface area contributed by atoms with Crippen LogP contribution in [0.15, 0.2) is 52.8 Å². The Labute approximate surface area is 124 Å². The summed E-state index contributed by atoms with van der Waals surface area (Å²) in [5.41, 5.74) is 5.70. The fourth-order valence-corrected chi connectivity index (χ4v) is 2.65. The van der Waals surface area contributed by atoms with Crippen LogP contribution < -0.4 is 5.73 Å². The van der Waals surface area contributed by atoms with Crippen molar-refractivity contribution in [3.05, 3.63) is 65.2 Å². The van der Waals surface area contributed by atoms with Crippen LogP contribution >= 0.6 is 0 Å². The minimum absolute atomic E-state index is 0.146. The van der Waals surface area contributed by atoms with Crippen molar-refractivity contribution in [1.82, 2.24) is 0 Å². The molecule has 1 aromatic carbocycles. The molecule has 0 saturated carbocycles. The Morgan fingerprint density at radius 3 is 2.59 bits per heavy atom. The monoisotopic (exact) mass is 307 g/mol. The molecule has 0 bridgehead atoms. The number of rotatable bonds is 2. The van der Waals surface area contributed by atoms with Gasteiger partial charge in [0.2, 0.25) is 0 Å². The first-order valence-electron chi connectivity index (χ1n) is 6.62. The zero-order chi connectivity index (χ0) is 15.9. The molecular formula is C16H12F3NO2. The largest absolute Gasteiger partial charge is 0.469 e. The number of alkyl halides is 3. The first-order valence-corrected chi connectivity index (χ1v) is 6.62. The van der Waals surface area contributed by atoms with Gasteiger partial charge in [0.15, 0.2) is 5.78 Å². The van der Waals surface area contributed by atoms with E-state index in [0.717, 1.165) is 12.1 Å². The van der Waals surface area contributed by atoms with E-state index in [1.807, 2.05) is 0 Å². The number of ketones is 1. The van der Waals surface area contributed by atoms with E-state index in [9.17, 15) is 18.0 Å². The zero-order valence-corrected chi connectivity index (χ0v) is 11.4. The van der Waals surface area contributed by atoms with Crippen molar-refractivity contribution in [2.24, 2.45) is 5.73 Å². The molecule has 1 aliphatic carbocycles. The van der Waals surface area contributed by atoms with Gasteiger partial charge in [0.25, 0.3) is 0 Å². The number of allylic oxidation sites excluding steroid dienone is 2. The SMILES string of the molecule is NC1=C(c2cccc(C(F)(F)F)c2)C(=O)C(c2ccco2)C1. The highest BCUT2D eigenvalue weighted by Crippen LogP contribution is 2.39. The molecule has 1 aliphatic rings. The van der Waals surface area contributed by atoms with Crippen molar-refractivity contribution in [2.45, 2.75) is 18.5 Å². The van der Waals surface area contributed by atoms with Crippen LogP contribution in [0.1, 0.15) is 29.2 Å². The van der Waals surface area contributed by atoms with Gasteiger partial charge >= 0.3 is 6.18 Å². The summed E-state index contributed by atoms with van der Waals surface area (Å²) in [4.78, 5) is 12.5. The number of carbonyl (C=O) groups excluding carboxylic acids is 1. The highest BCUT2D eigenvalue weighted by Gasteiger charge is 2.37. The summed E-state index contributed by atoms with van der Waals surface area (Å²) in [7, 11) is 0. The summed E-state index contributed by atoms with van der Waals surface area (Å²) in [5, 5.41) is 0. The molecule has 1 aromatic heterocycles. The van der Waals surface area contributed by atoms with Crippen LogP contribution in [0.4, 0.5) is 13.2 Å². The lowest BCUT2D eigenvalue weighted by atomic mass is 9.96. The molecule has 3 rings (SSSR count).